The molecule has 0 aromatic heterocycles. The van der Waals surface area contributed by atoms with Crippen molar-refractivity contribution < 1.29 is 29.0 Å². The van der Waals surface area contributed by atoms with E-state index in [1.54, 1.807) is 14.7 Å². The van der Waals surface area contributed by atoms with Gasteiger partial charge in [0.05, 0.1) is 36.7 Å². The Morgan fingerprint density at radius 2 is 1.45 bits per heavy atom. The molecule has 3 amide bonds. The van der Waals surface area contributed by atoms with Crippen LogP contribution in [0.5, 0.6) is 5.75 Å². The molecule has 4 aliphatic heterocycles. The van der Waals surface area contributed by atoms with Crippen LogP contribution in [-0.2, 0) is 19.1 Å². The van der Waals surface area contributed by atoms with Crippen LogP contribution in [0, 0.1) is 17.8 Å². The fourth-order valence-electron chi connectivity index (χ4n) is 8.42. The quantitative estimate of drug-likeness (QED) is 0.343. The number of aliphatic hydroxyl groups is 1. The summed E-state index contributed by atoms with van der Waals surface area (Å²) < 4.78 is 12.7. The lowest BCUT2D eigenvalue weighted by atomic mass is 9.74. The van der Waals surface area contributed by atoms with Crippen molar-refractivity contribution in [2.24, 2.45) is 17.8 Å². The Balaban J connectivity index is 1.44. The maximum absolute atomic E-state index is 15.0. The van der Waals surface area contributed by atoms with Gasteiger partial charge in [-0.3, -0.25) is 14.4 Å². The third kappa shape index (κ3) is 5.62. The monoisotopic (exact) mass is 670 g/mol. The molecule has 49 heavy (non-hydrogen) atoms. The summed E-state index contributed by atoms with van der Waals surface area (Å²) >= 11 is 0. The molecular weight excluding hydrogens is 620 g/mol. The van der Waals surface area contributed by atoms with Gasteiger partial charge in [-0.2, -0.15) is 0 Å². The second-order valence-electron chi connectivity index (χ2n) is 13.7. The molecule has 0 bridgehead atoms. The lowest BCUT2D eigenvalue weighted by Gasteiger charge is -2.41. The number of hydrogen-bond acceptors (Lipinski definition) is 7. The Bertz CT molecular complexity index is 1600. The lowest BCUT2D eigenvalue weighted by Crippen LogP contribution is -2.60. The Kier molecular flexibility index (Phi) is 9.66. The summed E-state index contributed by atoms with van der Waals surface area (Å²) in [6.45, 7) is 14.5. The van der Waals surface area contributed by atoms with E-state index in [0.717, 1.165) is 18.8 Å². The highest BCUT2D eigenvalue weighted by atomic mass is 16.5. The van der Waals surface area contributed by atoms with Gasteiger partial charge in [0.2, 0.25) is 11.8 Å². The van der Waals surface area contributed by atoms with Crippen molar-refractivity contribution in [1.82, 2.24) is 4.90 Å². The summed E-state index contributed by atoms with van der Waals surface area (Å²) in [5, 5.41) is 10.8. The van der Waals surface area contributed by atoms with Crippen LogP contribution in [0.4, 0.5) is 17.1 Å². The van der Waals surface area contributed by atoms with Crippen molar-refractivity contribution in [2.75, 3.05) is 54.1 Å². The minimum Gasteiger partial charge on any atom is -0.494 e. The molecule has 6 rings (SSSR count). The molecule has 262 valence electrons. The van der Waals surface area contributed by atoms with Gasteiger partial charge in [0.15, 0.2) is 0 Å². The first-order valence-corrected chi connectivity index (χ1v) is 17.8. The maximum Gasteiger partial charge on any atom is 0.253 e. The number of hydrogen-bond donors (Lipinski definition) is 1. The average molecular weight is 671 g/mol. The van der Waals surface area contributed by atoms with Crippen LogP contribution in [-0.4, -0.2) is 90.4 Å². The Labute approximate surface area is 289 Å². The molecule has 4 heterocycles. The zero-order valence-corrected chi connectivity index (χ0v) is 29.5. The third-order valence-electron chi connectivity index (χ3n) is 11.1. The molecule has 1 N–H and O–H groups in total. The molecule has 2 aromatic carbocycles. The van der Waals surface area contributed by atoms with E-state index in [4.69, 9.17) is 9.47 Å². The minimum absolute atomic E-state index is 0.108. The Morgan fingerprint density at radius 3 is 2.02 bits per heavy atom. The van der Waals surface area contributed by atoms with Crippen molar-refractivity contribution in [3.8, 4) is 5.75 Å². The number of anilines is 3. The second-order valence-corrected chi connectivity index (χ2v) is 13.7. The zero-order chi connectivity index (χ0) is 35.1. The fourth-order valence-corrected chi connectivity index (χ4v) is 8.42. The molecule has 2 fully saturated rings. The van der Waals surface area contributed by atoms with E-state index in [-0.39, 0.29) is 36.8 Å². The highest BCUT2D eigenvalue weighted by Crippen LogP contribution is 2.58. The van der Waals surface area contributed by atoms with Gasteiger partial charge in [-0.15, -0.1) is 0 Å². The van der Waals surface area contributed by atoms with Gasteiger partial charge < -0.3 is 34.2 Å². The number of nitrogens with zero attached hydrogens (tertiary/aromatic N) is 4. The van der Waals surface area contributed by atoms with Crippen LogP contribution >= 0.6 is 0 Å². The van der Waals surface area contributed by atoms with Gasteiger partial charge in [-0.1, -0.05) is 44.6 Å². The number of rotatable bonds is 11. The van der Waals surface area contributed by atoms with Crippen LogP contribution in [0.2, 0.25) is 0 Å². The first-order valence-electron chi connectivity index (χ1n) is 17.8. The van der Waals surface area contributed by atoms with Gasteiger partial charge in [0.25, 0.3) is 5.91 Å². The van der Waals surface area contributed by atoms with Gasteiger partial charge in [-0.05, 0) is 82.1 Å². The summed E-state index contributed by atoms with van der Waals surface area (Å²) in [7, 11) is 0. The predicted octanol–water partition coefficient (Wildman–Crippen LogP) is 4.82. The molecule has 1 spiro atoms. The molecule has 2 aromatic rings. The van der Waals surface area contributed by atoms with E-state index in [9.17, 15) is 14.7 Å². The summed E-state index contributed by atoms with van der Waals surface area (Å²) in [4.78, 5) is 51.9. The predicted molar refractivity (Wildman–Crippen MR) is 191 cm³/mol. The Hall–Kier alpha value is -4.15. The largest absolute Gasteiger partial charge is 0.494 e. The molecule has 10 heteroatoms. The van der Waals surface area contributed by atoms with Gasteiger partial charge in [0.1, 0.15) is 17.4 Å². The maximum atomic E-state index is 15.0. The molecular formula is C39H50N4O6. The molecule has 2 saturated heterocycles. The molecule has 0 aliphatic carbocycles. The Morgan fingerprint density at radius 1 is 0.857 bits per heavy atom. The van der Waals surface area contributed by atoms with E-state index in [2.05, 4.69) is 18.7 Å². The SMILES string of the molecule is CCOc1ccc(N2CC=C[C@]3(C)O[C@]45C=CCN(c6ccc(N(CC)CC)cc6)C(=O)C4N([C@@H](CO)[C@@H](C)CC)C(=O)[C@@H]5[C@@H]3C2=O)cc1. The standard InChI is InChI=1S/C39H50N4O6/c1-7-26(5)31(25-44)43-34-37(47)42(28-15-13-27(14-16-28)40(8-2)9-3)24-12-22-39(34)33(36(43)46)32-35(45)41(23-11-21-38(32,6)49-39)29-17-19-30(20-18-29)48-10-4/h11-22,26,31-34,44H,7-10,23-25H2,1-6H3/t26-,31-,32+,33-,34?,38-,39-/m0/s1. The molecule has 0 radical (unpaired) electrons. The van der Waals surface area contributed by atoms with Gasteiger partial charge in [-0.25, -0.2) is 0 Å². The van der Waals surface area contributed by atoms with Crippen LogP contribution in [0.15, 0.2) is 72.8 Å². The van der Waals surface area contributed by atoms with Crippen molar-refractivity contribution in [3.05, 3.63) is 72.8 Å². The molecule has 0 saturated carbocycles. The van der Waals surface area contributed by atoms with E-state index in [1.165, 1.54) is 0 Å². The van der Waals surface area contributed by atoms with Gasteiger partial charge in [0, 0.05) is 43.2 Å². The number of carbonyl (C=O) groups is 3. The number of carbonyl (C=O) groups excluding carboxylic acids is 3. The highest BCUT2D eigenvalue weighted by molar-refractivity contribution is 6.07. The summed E-state index contributed by atoms with van der Waals surface area (Å²) in [6, 6.07) is 13.5. The number of likely N-dealkylation sites (tertiary alicyclic amines) is 1. The number of benzene rings is 2. The summed E-state index contributed by atoms with van der Waals surface area (Å²) in [5.41, 5.74) is -0.127. The number of amides is 3. The smallest absolute Gasteiger partial charge is 0.253 e. The first kappa shape index (κ1) is 34.7. The van der Waals surface area contributed by atoms with E-state index < -0.39 is 35.1 Å². The highest BCUT2D eigenvalue weighted by Gasteiger charge is 2.75. The van der Waals surface area contributed by atoms with Crippen molar-refractivity contribution >= 4 is 34.8 Å². The second kappa shape index (κ2) is 13.6. The molecule has 10 nitrogen and oxygen atoms in total. The number of fused-ring (bicyclic) bond motifs is 2. The third-order valence-corrected chi connectivity index (χ3v) is 11.1. The van der Waals surface area contributed by atoms with E-state index in [0.29, 0.717) is 36.7 Å². The summed E-state index contributed by atoms with van der Waals surface area (Å²) in [6.07, 6.45) is 8.23. The zero-order valence-electron chi connectivity index (χ0n) is 29.5. The fraction of sp³-hybridized carbons (Fsp3) is 0.513. The van der Waals surface area contributed by atoms with Crippen molar-refractivity contribution in [2.45, 2.75) is 71.2 Å². The average Bonchev–Trinajstić information content (AvgIpc) is 3.37. The minimum atomic E-state index is -1.42. The van der Waals surface area contributed by atoms with Crippen molar-refractivity contribution in [1.29, 1.82) is 0 Å². The van der Waals surface area contributed by atoms with Crippen LogP contribution in [0.3, 0.4) is 0 Å². The number of aliphatic hydroxyl groups excluding tert-OH is 1. The molecule has 7 atom stereocenters. The molecule has 4 aliphatic rings. The molecule has 1 unspecified atom stereocenters. The number of ether oxygens (including phenoxy) is 2. The van der Waals surface area contributed by atoms with E-state index >= 15 is 4.79 Å². The lowest BCUT2D eigenvalue weighted by molar-refractivity contribution is -0.149. The van der Waals surface area contributed by atoms with E-state index in [1.807, 2.05) is 101 Å². The first-order chi connectivity index (χ1) is 23.6. The van der Waals surface area contributed by atoms with Crippen molar-refractivity contribution in [3.63, 3.8) is 0 Å². The van der Waals surface area contributed by atoms with Crippen LogP contribution < -0.4 is 19.4 Å². The van der Waals surface area contributed by atoms with Crippen LogP contribution in [0.1, 0.15) is 48.0 Å². The van der Waals surface area contributed by atoms with Crippen LogP contribution in [0.25, 0.3) is 0 Å². The topological polar surface area (TPSA) is 103 Å². The van der Waals surface area contributed by atoms with Gasteiger partial charge >= 0.3 is 0 Å². The summed E-state index contributed by atoms with van der Waals surface area (Å²) in [5.74, 6) is -2.18. The normalized spacial score (nSPS) is 28.9.